The highest BCUT2D eigenvalue weighted by Crippen LogP contribution is 2.37. The van der Waals surface area contributed by atoms with Crippen LogP contribution in [0.5, 0.6) is 0 Å². The van der Waals surface area contributed by atoms with Gasteiger partial charge in [0.1, 0.15) is 0 Å². The predicted molar refractivity (Wildman–Crippen MR) is 70.5 cm³/mol. The zero-order valence-electron chi connectivity index (χ0n) is 12.3. The Morgan fingerprint density at radius 2 is 1.62 bits per heavy atom. The first-order valence-corrected chi connectivity index (χ1v) is 7.90. The summed E-state index contributed by atoms with van der Waals surface area (Å²) in [4.78, 5) is 15.7. The highest BCUT2D eigenvalue weighted by Gasteiger charge is 2.63. The molecule has 1 aromatic rings. The number of amides is 1. The quantitative estimate of drug-likeness (QED) is 0.505. The van der Waals surface area contributed by atoms with Gasteiger partial charge in [-0.15, -0.1) is 4.83 Å². The number of nitrogens with one attached hydrogen (secondary N) is 3. The van der Waals surface area contributed by atoms with Crippen LogP contribution in [0.3, 0.4) is 0 Å². The van der Waals surface area contributed by atoms with Crippen molar-refractivity contribution in [2.45, 2.75) is 18.3 Å². The van der Waals surface area contributed by atoms with Gasteiger partial charge in [-0.2, -0.15) is 35.1 Å². The van der Waals surface area contributed by atoms with E-state index >= 15 is 0 Å². The topological polar surface area (TPSA) is 100 Å². The van der Waals surface area contributed by atoms with Crippen LogP contribution in [0.4, 0.5) is 46.6 Å². The number of hydrogen-bond acceptors (Lipinski definition) is 5. The van der Waals surface area contributed by atoms with Crippen molar-refractivity contribution in [1.29, 1.82) is 0 Å². The monoisotopic (exact) mass is 416 g/mol. The van der Waals surface area contributed by atoms with Gasteiger partial charge >= 0.3 is 24.2 Å². The molecule has 7 nitrogen and oxygen atoms in total. The summed E-state index contributed by atoms with van der Waals surface area (Å²) in [6.45, 7) is 0. The number of carbonyl (C=O) groups excluding carboxylic acids is 1. The minimum Gasteiger partial charge on any atom is -0.317 e. The number of anilines is 2. The van der Waals surface area contributed by atoms with Crippen LogP contribution < -0.4 is 15.6 Å². The van der Waals surface area contributed by atoms with Gasteiger partial charge < -0.3 is 5.32 Å². The molecule has 0 aliphatic carbocycles. The maximum absolute atomic E-state index is 12.9. The van der Waals surface area contributed by atoms with Gasteiger partial charge in [0.2, 0.25) is 10.0 Å². The number of alkyl halides is 8. The minimum absolute atomic E-state index is 0.0103. The Balaban J connectivity index is 3.29. The molecule has 16 heteroatoms. The number of nitrogens with zero attached hydrogens (tertiary/aromatic N) is 1. The summed E-state index contributed by atoms with van der Waals surface area (Å²) in [5.41, 5.74) is -1.21. The van der Waals surface area contributed by atoms with Crippen molar-refractivity contribution in [2.75, 3.05) is 17.0 Å². The fourth-order valence-electron chi connectivity index (χ4n) is 1.29. The first kappa shape index (κ1) is 21.8. The summed E-state index contributed by atoms with van der Waals surface area (Å²) in [5.74, 6) is -9.88. The molecule has 0 atom stereocenters. The van der Waals surface area contributed by atoms with Gasteiger partial charge in [0.15, 0.2) is 5.82 Å². The van der Waals surface area contributed by atoms with E-state index in [2.05, 4.69) is 4.98 Å². The van der Waals surface area contributed by atoms with Crippen molar-refractivity contribution in [3.8, 4) is 0 Å². The van der Waals surface area contributed by atoms with Crippen LogP contribution in [-0.2, 0) is 21.0 Å². The third kappa shape index (κ3) is 5.38. The number of pyridine rings is 1. The molecule has 0 aliphatic rings. The zero-order chi connectivity index (χ0) is 20.6. The van der Waals surface area contributed by atoms with Crippen molar-refractivity contribution >= 4 is 27.4 Å². The Kier molecular flexibility index (Phi) is 5.72. The molecule has 0 bridgehead atoms. The maximum Gasteiger partial charge on any atom is 0.463 e. The minimum atomic E-state index is -6.31. The smallest absolute Gasteiger partial charge is 0.317 e. The average molecular weight is 416 g/mol. The molecule has 0 fully saturated rings. The van der Waals surface area contributed by atoms with Crippen LogP contribution in [0.25, 0.3) is 0 Å². The van der Waals surface area contributed by atoms with E-state index in [1.165, 1.54) is 4.83 Å². The molecule has 1 amide bonds. The summed E-state index contributed by atoms with van der Waals surface area (Å²) in [7, 11) is -4.02. The van der Waals surface area contributed by atoms with E-state index in [1.54, 1.807) is 5.43 Å². The molecular formula is C10H8F8N4O3S. The summed E-state index contributed by atoms with van der Waals surface area (Å²) in [6, 6.07) is -0.0103. The van der Waals surface area contributed by atoms with E-state index in [0.717, 1.165) is 5.32 Å². The number of halogens is 8. The van der Waals surface area contributed by atoms with Crippen molar-refractivity contribution in [3.05, 3.63) is 17.8 Å². The molecule has 0 radical (unpaired) electrons. The Bertz CT molecular complexity index is 790. The van der Waals surface area contributed by atoms with Gasteiger partial charge in [-0.3, -0.25) is 10.2 Å². The Morgan fingerprint density at radius 3 is 2.04 bits per heavy atom. The van der Waals surface area contributed by atoms with Gasteiger partial charge in [-0.25, -0.2) is 13.4 Å². The van der Waals surface area contributed by atoms with Crippen molar-refractivity contribution in [2.24, 2.45) is 0 Å². The normalized spacial score (nSPS) is 13.4. The fraction of sp³-hybridized carbons (Fsp3) is 0.400. The second kappa shape index (κ2) is 6.82. The SMILES string of the molecule is CS(=O)(=O)NNc1ncc(C(F)(F)F)cc1NC(=O)C(F)(F)C(F)(F)F. The van der Waals surface area contributed by atoms with E-state index < -0.39 is 51.3 Å². The number of aromatic nitrogens is 1. The van der Waals surface area contributed by atoms with Crippen LogP contribution in [0.15, 0.2) is 12.3 Å². The Morgan fingerprint density at radius 1 is 1.08 bits per heavy atom. The van der Waals surface area contributed by atoms with Crippen LogP contribution >= 0.6 is 0 Å². The van der Waals surface area contributed by atoms with Crippen LogP contribution in [0.1, 0.15) is 5.56 Å². The second-order valence-corrected chi connectivity index (χ2v) is 6.39. The lowest BCUT2D eigenvalue weighted by atomic mass is 10.2. The van der Waals surface area contributed by atoms with Crippen molar-refractivity contribution in [1.82, 2.24) is 9.82 Å². The van der Waals surface area contributed by atoms with Gasteiger partial charge in [-0.1, -0.05) is 0 Å². The van der Waals surface area contributed by atoms with Crippen LogP contribution in [0.2, 0.25) is 0 Å². The molecule has 26 heavy (non-hydrogen) atoms. The number of hydrazine groups is 1. The molecule has 1 rings (SSSR count). The Hall–Kier alpha value is -2.23. The lowest BCUT2D eigenvalue weighted by molar-refractivity contribution is -0.267. The van der Waals surface area contributed by atoms with Crippen molar-refractivity contribution < 1.29 is 48.3 Å². The molecule has 0 spiro atoms. The first-order valence-electron chi connectivity index (χ1n) is 6.01. The molecule has 0 aliphatic heterocycles. The van der Waals surface area contributed by atoms with E-state index in [1.807, 2.05) is 0 Å². The van der Waals surface area contributed by atoms with Gasteiger partial charge in [-0.05, 0) is 6.07 Å². The van der Waals surface area contributed by atoms with E-state index in [-0.39, 0.29) is 12.3 Å². The van der Waals surface area contributed by atoms with Gasteiger partial charge in [0.05, 0.1) is 17.5 Å². The summed E-state index contributed by atoms with van der Waals surface area (Å²) in [6.07, 6.45) is -10.7. The standard InChI is InChI=1S/C10H8F8N4O3S/c1-26(24,25)22-21-6-5(2-4(3-19-6)9(13,14)15)20-7(23)8(11,12)10(16,17)18/h2-3,22H,1H3,(H,19,21)(H,20,23). The predicted octanol–water partition coefficient (Wildman–Crippen LogP) is 2.11. The van der Waals surface area contributed by atoms with Crippen LogP contribution in [0, 0.1) is 0 Å². The second-order valence-electron chi connectivity index (χ2n) is 4.64. The molecule has 1 heterocycles. The number of hydrogen-bond donors (Lipinski definition) is 3. The van der Waals surface area contributed by atoms with Crippen LogP contribution in [-0.4, -0.2) is 37.7 Å². The molecule has 0 unspecified atom stereocenters. The lowest BCUT2D eigenvalue weighted by Gasteiger charge is -2.20. The molecule has 0 saturated carbocycles. The Labute approximate surface area is 139 Å². The van der Waals surface area contributed by atoms with Gasteiger partial charge in [0.25, 0.3) is 0 Å². The highest BCUT2D eigenvalue weighted by molar-refractivity contribution is 7.88. The number of sulfonamides is 1. The number of carbonyl (C=O) groups is 1. The summed E-state index contributed by atoms with van der Waals surface area (Å²) >= 11 is 0. The van der Waals surface area contributed by atoms with Crippen molar-refractivity contribution in [3.63, 3.8) is 0 Å². The van der Waals surface area contributed by atoms with E-state index in [9.17, 15) is 48.3 Å². The third-order valence-electron chi connectivity index (χ3n) is 2.46. The van der Waals surface area contributed by atoms with E-state index in [0.29, 0.717) is 6.26 Å². The first-order chi connectivity index (χ1) is 11.4. The average Bonchev–Trinajstić information content (AvgIpc) is 2.42. The van der Waals surface area contributed by atoms with E-state index in [4.69, 9.17) is 0 Å². The third-order valence-corrected chi connectivity index (χ3v) is 2.93. The molecule has 0 saturated heterocycles. The molecule has 1 aromatic heterocycles. The lowest BCUT2D eigenvalue weighted by Crippen LogP contribution is -2.47. The molecule has 148 valence electrons. The fourth-order valence-corrected chi connectivity index (χ4v) is 1.57. The summed E-state index contributed by atoms with van der Waals surface area (Å²) < 4.78 is 122. The molecule has 0 aromatic carbocycles. The molecular weight excluding hydrogens is 408 g/mol. The maximum atomic E-state index is 12.9. The number of rotatable bonds is 5. The molecule has 3 N–H and O–H groups in total. The largest absolute Gasteiger partial charge is 0.463 e. The summed E-state index contributed by atoms with van der Waals surface area (Å²) in [5, 5.41) is 0.937. The zero-order valence-corrected chi connectivity index (χ0v) is 13.1. The van der Waals surface area contributed by atoms with Gasteiger partial charge in [0, 0.05) is 6.20 Å². The highest BCUT2D eigenvalue weighted by atomic mass is 32.2.